The third-order valence-corrected chi connectivity index (χ3v) is 8.87. The normalized spacial score (nSPS) is 19.3. The van der Waals surface area contributed by atoms with E-state index >= 15 is 0 Å². The first-order chi connectivity index (χ1) is 14.4. The van der Waals surface area contributed by atoms with Gasteiger partial charge in [0.25, 0.3) is 0 Å². The summed E-state index contributed by atoms with van der Waals surface area (Å²) >= 11 is 1.77. The van der Waals surface area contributed by atoms with E-state index < -0.39 is 10.0 Å². The summed E-state index contributed by atoms with van der Waals surface area (Å²) in [4.78, 5) is 16.7. The number of hydrogen-bond acceptors (Lipinski definition) is 6. The van der Waals surface area contributed by atoms with Crippen LogP contribution in [0.25, 0.3) is 0 Å². The molecule has 1 saturated heterocycles. The van der Waals surface area contributed by atoms with Gasteiger partial charge in [-0.15, -0.1) is 11.3 Å². The van der Waals surface area contributed by atoms with Gasteiger partial charge in [-0.05, 0) is 55.0 Å². The molecule has 9 heteroatoms. The van der Waals surface area contributed by atoms with Gasteiger partial charge in [0, 0.05) is 36.7 Å². The number of fused-ring (bicyclic) bond motifs is 1. The highest BCUT2D eigenvalue weighted by Gasteiger charge is 2.29. The number of nitrogens with zero attached hydrogens (tertiary/aromatic N) is 2. The first-order valence-electron chi connectivity index (χ1n) is 10.1. The van der Waals surface area contributed by atoms with E-state index in [0.29, 0.717) is 37.6 Å². The van der Waals surface area contributed by atoms with Crippen LogP contribution in [0.15, 0.2) is 34.5 Å². The summed E-state index contributed by atoms with van der Waals surface area (Å²) < 4.78 is 32.9. The van der Waals surface area contributed by atoms with Crippen molar-refractivity contribution >= 4 is 33.0 Å². The van der Waals surface area contributed by atoms with Crippen molar-refractivity contribution in [2.45, 2.75) is 37.8 Å². The number of carbonyl (C=O) groups is 1. The molecule has 1 amide bonds. The molecule has 0 spiro atoms. The second kappa shape index (κ2) is 8.76. The summed E-state index contributed by atoms with van der Waals surface area (Å²) in [5, 5.41) is 5.01. The smallest absolute Gasteiger partial charge is 0.243 e. The second-order valence-electron chi connectivity index (χ2n) is 7.75. The zero-order chi connectivity index (χ0) is 21.3. The number of rotatable bonds is 5. The highest BCUT2D eigenvalue weighted by molar-refractivity contribution is 7.89. The van der Waals surface area contributed by atoms with E-state index in [4.69, 9.17) is 4.74 Å². The number of hydrogen-bond donors (Lipinski definition) is 1. The van der Waals surface area contributed by atoms with Crippen LogP contribution in [0.4, 0.5) is 5.69 Å². The van der Waals surface area contributed by atoms with Gasteiger partial charge >= 0.3 is 0 Å². The molecule has 30 heavy (non-hydrogen) atoms. The molecule has 3 heterocycles. The largest absolute Gasteiger partial charge is 0.379 e. The van der Waals surface area contributed by atoms with Gasteiger partial charge in [0.1, 0.15) is 0 Å². The first kappa shape index (κ1) is 21.5. The minimum atomic E-state index is -3.63. The Morgan fingerprint density at radius 1 is 1.20 bits per heavy atom. The molecule has 1 aromatic heterocycles. The number of amides is 1. The molecular weight excluding hydrogens is 422 g/mol. The third-order valence-electron chi connectivity index (χ3n) is 5.81. The minimum Gasteiger partial charge on any atom is -0.379 e. The second-order valence-corrected chi connectivity index (χ2v) is 10.7. The number of carbonyl (C=O) groups excluding carboxylic acids is 1. The Labute approximate surface area is 181 Å². The molecule has 1 atom stereocenters. The Hall–Kier alpha value is -1.78. The highest BCUT2D eigenvalue weighted by atomic mass is 32.2. The standard InChI is InChI=1S/C21H27N3O4S2/c1-15-3-4-18(13-20(15)30(26,27)24-8-10-28-11-9-24)22-21(25)16(2)23-7-5-19-17(14-23)6-12-29-19/h3-4,6,12-13,16H,5,7-11,14H2,1-2H3,(H,22,25). The van der Waals surface area contributed by atoms with Crippen LogP contribution >= 0.6 is 11.3 Å². The van der Waals surface area contributed by atoms with Gasteiger partial charge in [-0.2, -0.15) is 4.31 Å². The van der Waals surface area contributed by atoms with Gasteiger partial charge in [-0.1, -0.05) is 6.07 Å². The molecule has 0 bridgehead atoms. The van der Waals surface area contributed by atoms with E-state index in [1.54, 1.807) is 36.5 Å². The molecule has 162 valence electrons. The van der Waals surface area contributed by atoms with Gasteiger partial charge in [0.05, 0.1) is 24.2 Å². The summed E-state index contributed by atoms with van der Waals surface area (Å²) in [6.07, 6.45) is 0.955. The van der Waals surface area contributed by atoms with Crippen molar-refractivity contribution in [2.24, 2.45) is 0 Å². The van der Waals surface area contributed by atoms with Crippen LogP contribution in [0.5, 0.6) is 0 Å². The lowest BCUT2D eigenvalue weighted by Gasteiger charge is -2.31. The van der Waals surface area contributed by atoms with E-state index in [1.807, 2.05) is 6.92 Å². The predicted octanol–water partition coefficient (Wildman–Crippen LogP) is 2.46. The summed E-state index contributed by atoms with van der Waals surface area (Å²) in [7, 11) is -3.63. The van der Waals surface area contributed by atoms with E-state index in [2.05, 4.69) is 21.7 Å². The van der Waals surface area contributed by atoms with Gasteiger partial charge in [0.15, 0.2) is 0 Å². The van der Waals surface area contributed by atoms with E-state index in [-0.39, 0.29) is 16.8 Å². The summed E-state index contributed by atoms with van der Waals surface area (Å²) in [6, 6.07) is 6.88. The predicted molar refractivity (Wildman–Crippen MR) is 117 cm³/mol. The van der Waals surface area contributed by atoms with Crippen LogP contribution in [-0.2, 0) is 32.5 Å². The highest BCUT2D eigenvalue weighted by Crippen LogP contribution is 2.27. The lowest BCUT2D eigenvalue weighted by molar-refractivity contribution is -0.121. The molecule has 2 aliphatic heterocycles. The van der Waals surface area contributed by atoms with Crippen LogP contribution < -0.4 is 5.32 Å². The molecule has 2 aliphatic rings. The Kier molecular flexibility index (Phi) is 6.26. The maximum Gasteiger partial charge on any atom is 0.243 e. The van der Waals surface area contributed by atoms with Crippen LogP contribution in [0.2, 0.25) is 0 Å². The Bertz CT molecular complexity index is 1030. The molecule has 0 aliphatic carbocycles. The van der Waals surface area contributed by atoms with Crippen molar-refractivity contribution in [3.8, 4) is 0 Å². The fraction of sp³-hybridized carbons (Fsp3) is 0.476. The van der Waals surface area contributed by atoms with Gasteiger partial charge < -0.3 is 10.1 Å². The van der Waals surface area contributed by atoms with E-state index in [9.17, 15) is 13.2 Å². The summed E-state index contributed by atoms with van der Waals surface area (Å²) in [5.41, 5.74) is 2.45. The molecule has 4 rings (SSSR count). The van der Waals surface area contributed by atoms with Crippen LogP contribution in [-0.4, -0.2) is 62.4 Å². The molecule has 0 radical (unpaired) electrons. The van der Waals surface area contributed by atoms with Crippen molar-refractivity contribution in [1.29, 1.82) is 0 Å². The number of anilines is 1. The molecular formula is C21H27N3O4S2. The molecule has 7 nitrogen and oxygen atoms in total. The molecule has 2 aromatic rings. The average molecular weight is 450 g/mol. The maximum absolute atomic E-state index is 13.1. The Morgan fingerprint density at radius 2 is 1.97 bits per heavy atom. The monoisotopic (exact) mass is 449 g/mol. The molecule has 1 fully saturated rings. The van der Waals surface area contributed by atoms with Crippen LogP contribution in [0, 0.1) is 6.92 Å². The lowest BCUT2D eigenvalue weighted by atomic mass is 10.1. The summed E-state index contributed by atoms with van der Waals surface area (Å²) in [5.74, 6) is -0.132. The topological polar surface area (TPSA) is 79.0 Å². The van der Waals surface area contributed by atoms with Crippen molar-refractivity contribution in [3.63, 3.8) is 0 Å². The van der Waals surface area contributed by atoms with E-state index in [0.717, 1.165) is 19.5 Å². The fourth-order valence-electron chi connectivity index (χ4n) is 3.90. The SMILES string of the molecule is Cc1ccc(NC(=O)C(C)N2CCc3sccc3C2)cc1S(=O)(=O)N1CCOCC1. The average Bonchev–Trinajstić information content (AvgIpc) is 3.23. The zero-order valence-corrected chi connectivity index (χ0v) is 18.9. The molecule has 1 unspecified atom stereocenters. The Morgan fingerprint density at radius 3 is 2.73 bits per heavy atom. The summed E-state index contributed by atoms with van der Waals surface area (Å²) in [6.45, 7) is 6.75. The number of ether oxygens (including phenoxy) is 1. The Balaban J connectivity index is 1.48. The third kappa shape index (κ3) is 4.31. The van der Waals surface area contributed by atoms with Crippen LogP contribution in [0.3, 0.4) is 0 Å². The van der Waals surface area contributed by atoms with Crippen molar-refractivity contribution in [3.05, 3.63) is 45.6 Å². The van der Waals surface area contributed by atoms with Crippen LogP contribution in [0.1, 0.15) is 22.9 Å². The minimum absolute atomic E-state index is 0.132. The van der Waals surface area contributed by atoms with Gasteiger partial charge in [-0.3, -0.25) is 9.69 Å². The molecule has 0 saturated carbocycles. The quantitative estimate of drug-likeness (QED) is 0.759. The maximum atomic E-state index is 13.1. The van der Waals surface area contributed by atoms with Gasteiger partial charge in [-0.25, -0.2) is 8.42 Å². The lowest BCUT2D eigenvalue weighted by Crippen LogP contribution is -2.44. The van der Waals surface area contributed by atoms with E-state index in [1.165, 1.54) is 14.7 Å². The zero-order valence-electron chi connectivity index (χ0n) is 17.3. The number of nitrogens with one attached hydrogen (secondary N) is 1. The number of sulfonamides is 1. The molecule has 1 N–H and O–H groups in total. The van der Waals surface area contributed by atoms with Crippen molar-refractivity contribution in [2.75, 3.05) is 38.2 Å². The number of thiophene rings is 1. The molecule has 1 aromatic carbocycles. The fourth-order valence-corrected chi connectivity index (χ4v) is 6.44. The number of morpholine rings is 1. The first-order valence-corrected chi connectivity index (χ1v) is 12.5. The van der Waals surface area contributed by atoms with Crippen molar-refractivity contribution in [1.82, 2.24) is 9.21 Å². The van der Waals surface area contributed by atoms with Gasteiger partial charge in [0.2, 0.25) is 15.9 Å². The number of benzene rings is 1. The number of aryl methyl sites for hydroxylation is 1. The van der Waals surface area contributed by atoms with Crippen molar-refractivity contribution < 1.29 is 17.9 Å².